The van der Waals surface area contributed by atoms with Crippen LogP contribution in [0.3, 0.4) is 0 Å². The van der Waals surface area contributed by atoms with Crippen molar-refractivity contribution in [1.29, 1.82) is 0 Å². The quantitative estimate of drug-likeness (QED) is 0.357. The van der Waals surface area contributed by atoms with E-state index < -0.39 is 0 Å². The van der Waals surface area contributed by atoms with Gasteiger partial charge in [0.15, 0.2) is 0 Å². The van der Waals surface area contributed by atoms with E-state index in [9.17, 15) is 0 Å². The first kappa shape index (κ1) is 15.9. The molecule has 0 amide bonds. The van der Waals surface area contributed by atoms with Crippen molar-refractivity contribution >= 4 is 73.5 Å². The minimum absolute atomic E-state index is 0. The Morgan fingerprint density at radius 1 is 1.25 bits per heavy atom. The molecule has 0 aromatic heterocycles. The van der Waals surface area contributed by atoms with E-state index in [1.54, 1.807) is 0 Å². The molecule has 22 valence electrons. The summed E-state index contributed by atoms with van der Waals surface area (Å²) in [6.07, 6.45) is 3.58. The molecule has 0 N–H and O–H groups in total. The number of hydrogen-bond donors (Lipinski definition) is 0. The molecule has 0 rings (SSSR count). The van der Waals surface area contributed by atoms with E-state index in [0.29, 0.717) is 0 Å². The van der Waals surface area contributed by atoms with Crippen molar-refractivity contribution in [1.82, 2.24) is 0 Å². The van der Waals surface area contributed by atoms with Crippen LogP contribution >= 0.6 is 6.12 Å². The first-order chi connectivity index (χ1) is 1.00. The molecule has 0 heterocycles. The molecule has 0 unspecified atom stereocenters. The van der Waals surface area contributed by atoms with Crippen LogP contribution in [0.2, 0.25) is 0 Å². The van der Waals surface area contributed by atoms with E-state index in [1.807, 2.05) is 0 Å². The molecule has 0 aromatic carbocycles. The van der Waals surface area contributed by atoms with Crippen molar-refractivity contribution in [2.45, 2.75) is 0 Å². The fourth-order valence-electron chi connectivity index (χ4n) is 0. The van der Waals surface area contributed by atoms with Gasteiger partial charge in [-0.3, -0.25) is 0 Å². The van der Waals surface area contributed by atoms with Crippen molar-refractivity contribution in [3.8, 4) is 0 Å². The Kier molecular flexibility index (Phi) is 68.0. The number of hydrogen-bond acceptors (Lipinski definition) is 0. The van der Waals surface area contributed by atoms with Crippen LogP contribution in [-0.4, -0.2) is 67.3 Å². The van der Waals surface area contributed by atoms with Gasteiger partial charge in [0, 0.05) is 0 Å². The van der Waals surface area contributed by atoms with Gasteiger partial charge >= 0.3 is 73.5 Å². The van der Waals surface area contributed by atoms with Crippen molar-refractivity contribution in [2.24, 2.45) is 0 Å². The summed E-state index contributed by atoms with van der Waals surface area (Å²) in [4.78, 5) is 0. The van der Waals surface area contributed by atoms with Crippen LogP contribution < -0.4 is 0 Å². The summed E-state index contributed by atoms with van der Waals surface area (Å²) in [6, 6.07) is 0. The molecule has 0 spiro atoms. The Labute approximate surface area is 72.3 Å². The standard InChI is InChI=1S/Ga.In.P.Sb.6H. The van der Waals surface area contributed by atoms with Gasteiger partial charge in [-0.15, -0.1) is 0 Å². The molecule has 0 aliphatic carbocycles. The molecule has 0 fully saturated rings. The van der Waals surface area contributed by atoms with Crippen molar-refractivity contribution in [3.05, 3.63) is 0 Å². The van der Waals surface area contributed by atoms with E-state index >= 15 is 0 Å². The molecular formula is H6GaInPSb. The summed E-state index contributed by atoms with van der Waals surface area (Å²) >= 11 is 1.44. The Bertz CT molecular complexity index is 12.8. The van der Waals surface area contributed by atoms with Gasteiger partial charge in [0.1, 0.15) is 0 Å². The summed E-state index contributed by atoms with van der Waals surface area (Å²) in [6.45, 7) is 0. The minimum atomic E-state index is 0. The van der Waals surface area contributed by atoms with Crippen LogP contribution in [0.5, 0.6) is 0 Å². The zero-order chi connectivity index (χ0) is 2.00. The predicted octanol–water partition coefficient (Wildman–Crippen LogP) is -1.89. The SMILES string of the molecule is [GaH3].[InH3].[P]#[Sb]. The maximum atomic E-state index is 3.58. The van der Waals surface area contributed by atoms with E-state index in [2.05, 4.69) is 6.12 Å². The summed E-state index contributed by atoms with van der Waals surface area (Å²) in [5, 5.41) is 0. The molecule has 0 atom stereocenters. The zero-order valence-corrected chi connectivity index (χ0v) is 4.34. The van der Waals surface area contributed by atoms with Gasteiger partial charge in [-0.2, -0.15) is 0 Å². The normalized spacial score (nSPS) is 0.500. The average molecular weight is 343 g/mol. The third-order valence-corrected chi connectivity index (χ3v) is 0. The van der Waals surface area contributed by atoms with E-state index in [-0.39, 0.29) is 45.6 Å². The molecule has 0 radical (unpaired) electrons. The summed E-state index contributed by atoms with van der Waals surface area (Å²) in [7, 11) is 0. The maximum absolute atomic E-state index is 3.58. The van der Waals surface area contributed by atoms with Gasteiger partial charge in [0.25, 0.3) is 0 Å². The predicted molar refractivity (Wildman–Crippen MR) is 32.6 cm³/mol. The monoisotopic (exact) mass is 342 g/mol. The Balaban J connectivity index is -0.00000000500. The third kappa shape index (κ3) is 8.83. The molecule has 4 heteroatoms. The fraction of sp³-hybridized carbons (Fsp3) is 0. The van der Waals surface area contributed by atoms with Crippen molar-refractivity contribution in [3.63, 3.8) is 0 Å². The molecule has 0 aliphatic rings. The first-order valence-electron chi connectivity index (χ1n) is 0.200. The summed E-state index contributed by atoms with van der Waals surface area (Å²) < 4.78 is 0. The van der Waals surface area contributed by atoms with Crippen molar-refractivity contribution < 1.29 is 0 Å². The molecule has 4 heavy (non-hydrogen) atoms. The second kappa shape index (κ2) is 17.1. The molecule has 0 bridgehead atoms. The second-order valence-corrected chi connectivity index (χ2v) is 0. The second-order valence-electron chi connectivity index (χ2n) is 0. The van der Waals surface area contributed by atoms with Gasteiger partial charge < -0.3 is 0 Å². The first-order valence-corrected chi connectivity index (χ1v) is 4.02. The molecule has 0 aromatic rings. The van der Waals surface area contributed by atoms with Crippen LogP contribution in [-0.2, 0) is 0 Å². The number of rotatable bonds is 0. The van der Waals surface area contributed by atoms with Gasteiger partial charge in [0.05, 0.1) is 0 Å². The van der Waals surface area contributed by atoms with E-state index in [0.717, 1.165) is 0 Å². The Morgan fingerprint density at radius 3 is 1.25 bits per heavy atom. The van der Waals surface area contributed by atoms with Crippen molar-refractivity contribution in [2.75, 3.05) is 0 Å². The summed E-state index contributed by atoms with van der Waals surface area (Å²) in [5.41, 5.74) is 0. The van der Waals surface area contributed by atoms with Gasteiger partial charge in [-0.25, -0.2) is 0 Å². The van der Waals surface area contributed by atoms with Crippen LogP contribution in [0.15, 0.2) is 0 Å². The molecular weight excluding hydrogens is 337 g/mol. The fourth-order valence-corrected chi connectivity index (χ4v) is 0. The molecule has 0 nitrogen and oxygen atoms in total. The third-order valence-electron chi connectivity index (χ3n) is 0. The van der Waals surface area contributed by atoms with Crippen LogP contribution in [0.25, 0.3) is 0 Å². The summed E-state index contributed by atoms with van der Waals surface area (Å²) in [5.74, 6) is 0. The van der Waals surface area contributed by atoms with Crippen LogP contribution in [0, 0.1) is 0 Å². The van der Waals surface area contributed by atoms with Crippen LogP contribution in [0.1, 0.15) is 0 Å². The van der Waals surface area contributed by atoms with E-state index in [4.69, 9.17) is 0 Å². The van der Waals surface area contributed by atoms with Gasteiger partial charge in [-0.05, 0) is 0 Å². The molecule has 0 aliphatic heterocycles. The zero-order valence-electron chi connectivity index (χ0n) is 0.894. The average Bonchev–Trinajstić information content (AvgIpc) is 1.00. The van der Waals surface area contributed by atoms with E-state index in [1.165, 1.54) is 21.7 Å². The molecule has 0 saturated heterocycles. The Hall–Kier alpha value is 2.75. The van der Waals surface area contributed by atoms with Crippen LogP contribution in [0.4, 0.5) is 0 Å². The van der Waals surface area contributed by atoms with Gasteiger partial charge in [0.2, 0.25) is 0 Å². The Morgan fingerprint density at radius 2 is 1.25 bits per heavy atom. The molecule has 0 saturated carbocycles. The topological polar surface area (TPSA) is 0 Å². The van der Waals surface area contributed by atoms with Gasteiger partial charge in [-0.1, -0.05) is 0 Å².